The number of nitrogens with one attached hydrogen (secondary N) is 1. The molecule has 1 N–H and O–H groups in total. The highest BCUT2D eigenvalue weighted by molar-refractivity contribution is 5.80. The van der Waals surface area contributed by atoms with Gasteiger partial charge >= 0.3 is 6.18 Å². The summed E-state index contributed by atoms with van der Waals surface area (Å²) in [6.07, 6.45) is -5.59. The Morgan fingerprint density at radius 3 is 2.40 bits per heavy atom. The molecule has 0 aliphatic heterocycles. The molecule has 0 fully saturated rings. The summed E-state index contributed by atoms with van der Waals surface area (Å²) in [5.41, 5.74) is -0.301. The van der Waals surface area contributed by atoms with Crippen molar-refractivity contribution in [3.8, 4) is 5.75 Å². The summed E-state index contributed by atoms with van der Waals surface area (Å²) in [4.78, 5) is 12.0. The third kappa shape index (κ3) is 5.20. The lowest BCUT2D eigenvalue weighted by atomic mass is 10.1. The molecule has 2 aromatic rings. The van der Waals surface area contributed by atoms with E-state index in [1.165, 1.54) is 6.92 Å². The molecule has 134 valence electrons. The largest absolute Gasteiger partial charge is 0.481 e. The Morgan fingerprint density at radius 2 is 1.80 bits per heavy atom. The van der Waals surface area contributed by atoms with Gasteiger partial charge in [0, 0.05) is 6.54 Å². The molecule has 0 heterocycles. The van der Waals surface area contributed by atoms with Crippen molar-refractivity contribution >= 4 is 5.91 Å². The fourth-order valence-electron chi connectivity index (χ4n) is 2.17. The SMILES string of the molecule is Cc1ccc(OC(C)C(=O)NCc2ccc(F)cc2C(F)(F)F)cc1. The van der Waals surface area contributed by atoms with Crippen molar-refractivity contribution < 1.29 is 27.1 Å². The van der Waals surface area contributed by atoms with E-state index in [-0.39, 0.29) is 12.1 Å². The predicted octanol–water partition coefficient (Wildman–Crippen LogP) is 4.24. The summed E-state index contributed by atoms with van der Waals surface area (Å²) in [6.45, 7) is 3.01. The molecule has 0 saturated heterocycles. The molecule has 0 saturated carbocycles. The third-order valence-electron chi connectivity index (χ3n) is 3.53. The van der Waals surface area contributed by atoms with Crippen molar-refractivity contribution in [3.05, 3.63) is 65.0 Å². The molecule has 0 aliphatic rings. The molecule has 2 rings (SSSR count). The van der Waals surface area contributed by atoms with Crippen LogP contribution in [0.5, 0.6) is 5.75 Å². The summed E-state index contributed by atoms with van der Waals surface area (Å²) in [7, 11) is 0. The fraction of sp³-hybridized carbons (Fsp3) is 0.278. The molecular weight excluding hydrogens is 338 g/mol. The van der Waals surface area contributed by atoms with Crippen LogP contribution in [0.2, 0.25) is 0 Å². The van der Waals surface area contributed by atoms with Crippen molar-refractivity contribution in [3.63, 3.8) is 0 Å². The quantitative estimate of drug-likeness (QED) is 0.815. The van der Waals surface area contributed by atoms with Gasteiger partial charge in [-0.1, -0.05) is 23.8 Å². The topological polar surface area (TPSA) is 38.3 Å². The maximum atomic E-state index is 13.1. The van der Waals surface area contributed by atoms with Crippen LogP contribution in [0.3, 0.4) is 0 Å². The Morgan fingerprint density at radius 1 is 1.16 bits per heavy atom. The van der Waals surface area contributed by atoms with E-state index in [2.05, 4.69) is 5.32 Å². The number of carbonyl (C=O) groups excluding carboxylic acids is 1. The summed E-state index contributed by atoms with van der Waals surface area (Å²) >= 11 is 0. The molecule has 0 aromatic heterocycles. The lowest BCUT2D eigenvalue weighted by Crippen LogP contribution is -2.36. The second kappa shape index (κ2) is 7.55. The van der Waals surface area contributed by atoms with Gasteiger partial charge in [-0.3, -0.25) is 4.79 Å². The summed E-state index contributed by atoms with van der Waals surface area (Å²) in [5.74, 6) is -1.08. The van der Waals surface area contributed by atoms with Gasteiger partial charge in [-0.25, -0.2) is 4.39 Å². The van der Waals surface area contributed by atoms with Crippen LogP contribution in [0.25, 0.3) is 0 Å². The zero-order valence-electron chi connectivity index (χ0n) is 13.7. The minimum atomic E-state index is -4.70. The van der Waals surface area contributed by atoms with Crippen LogP contribution in [-0.2, 0) is 17.5 Å². The molecule has 1 unspecified atom stereocenters. The molecule has 25 heavy (non-hydrogen) atoms. The highest BCUT2D eigenvalue weighted by Crippen LogP contribution is 2.32. The number of halogens is 4. The number of alkyl halides is 3. The monoisotopic (exact) mass is 355 g/mol. The van der Waals surface area contributed by atoms with Crippen LogP contribution in [0.15, 0.2) is 42.5 Å². The van der Waals surface area contributed by atoms with E-state index in [1.54, 1.807) is 12.1 Å². The Labute approximate surface area is 142 Å². The molecule has 1 atom stereocenters. The fourth-order valence-corrected chi connectivity index (χ4v) is 2.17. The molecule has 0 radical (unpaired) electrons. The van der Waals surface area contributed by atoms with E-state index >= 15 is 0 Å². The van der Waals surface area contributed by atoms with Crippen molar-refractivity contribution in [2.75, 3.05) is 0 Å². The predicted molar refractivity (Wildman–Crippen MR) is 84.5 cm³/mol. The van der Waals surface area contributed by atoms with Crippen LogP contribution in [0, 0.1) is 12.7 Å². The Kier molecular flexibility index (Phi) is 5.66. The Balaban J connectivity index is 2.01. The number of hydrogen-bond acceptors (Lipinski definition) is 2. The van der Waals surface area contributed by atoms with Crippen molar-refractivity contribution in [2.24, 2.45) is 0 Å². The minimum Gasteiger partial charge on any atom is -0.481 e. The summed E-state index contributed by atoms with van der Waals surface area (Å²) < 4.78 is 57.3. The first-order chi connectivity index (χ1) is 11.7. The zero-order chi connectivity index (χ0) is 18.6. The van der Waals surface area contributed by atoms with Crippen LogP contribution < -0.4 is 10.1 Å². The normalized spacial score (nSPS) is 12.6. The number of hydrogen-bond donors (Lipinski definition) is 1. The number of benzene rings is 2. The van der Waals surface area contributed by atoms with Crippen LogP contribution >= 0.6 is 0 Å². The first kappa shape index (κ1) is 18.8. The van der Waals surface area contributed by atoms with Crippen molar-refractivity contribution in [1.29, 1.82) is 0 Å². The van der Waals surface area contributed by atoms with Gasteiger partial charge in [0.05, 0.1) is 5.56 Å². The number of ether oxygens (including phenoxy) is 1. The first-order valence-corrected chi connectivity index (χ1v) is 7.53. The van der Waals surface area contributed by atoms with E-state index in [1.807, 2.05) is 19.1 Å². The van der Waals surface area contributed by atoms with Gasteiger partial charge in [0.15, 0.2) is 6.10 Å². The molecule has 0 spiro atoms. The van der Waals surface area contributed by atoms with Crippen molar-refractivity contribution in [1.82, 2.24) is 5.32 Å². The molecule has 1 amide bonds. The molecule has 0 aliphatic carbocycles. The van der Waals surface area contributed by atoms with Gasteiger partial charge in [-0.05, 0) is 43.7 Å². The van der Waals surface area contributed by atoms with Gasteiger partial charge in [0.2, 0.25) is 0 Å². The lowest BCUT2D eigenvalue weighted by Gasteiger charge is -2.17. The number of amides is 1. The van der Waals surface area contributed by atoms with Crippen LogP contribution in [0.1, 0.15) is 23.6 Å². The first-order valence-electron chi connectivity index (χ1n) is 7.53. The number of rotatable bonds is 5. The molecule has 3 nitrogen and oxygen atoms in total. The summed E-state index contributed by atoms with van der Waals surface area (Å²) in [6, 6.07) is 9.35. The van der Waals surface area contributed by atoms with Crippen molar-refractivity contribution in [2.45, 2.75) is 32.7 Å². The maximum Gasteiger partial charge on any atom is 0.416 e. The van der Waals surface area contributed by atoms with Gasteiger partial charge in [-0.2, -0.15) is 13.2 Å². The molecule has 7 heteroatoms. The van der Waals surface area contributed by atoms with E-state index in [9.17, 15) is 22.4 Å². The number of aryl methyl sites for hydroxylation is 1. The second-order valence-corrected chi connectivity index (χ2v) is 5.59. The van der Waals surface area contributed by atoms with E-state index in [0.29, 0.717) is 11.8 Å². The average Bonchev–Trinajstić information content (AvgIpc) is 2.54. The van der Waals surface area contributed by atoms with Gasteiger partial charge in [-0.15, -0.1) is 0 Å². The second-order valence-electron chi connectivity index (χ2n) is 5.59. The zero-order valence-corrected chi connectivity index (χ0v) is 13.7. The van der Waals surface area contributed by atoms with E-state index < -0.39 is 29.6 Å². The van der Waals surface area contributed by atoms with E-state index in [4.69, 9.17) is 4.74 Å². The average molecular weight is 355 g/mol. The molecule has 0 bridgehead atoms. The lowest BCUT2D eigenvalue weighted by molar-refractivity contribution is -0.138. The standard InChI is InChI=1S/C18H17F4NO2/c1-11-3-7-15(8-4-11)25-12(2)17(24)23-10-13-5-6-14(19)9-16(13)18(20,21)22/h3-9,12H,10H2,1-2H3,(H,23,24). The van der Waals surface area contributed by atoms with Crippen LogP contribution in [0.4, 0.5) is 17.6 Å². The van der Waals surface area contributed by atoms with Gasteiger partial charge in [0.1, 0.15) is 11.6 Å². The highest BCUT2D eigenvalue weighted by atomic mass is 19.4. The van der Waals surface area contributed by atoms with Crippen LogP contribution in [-0.4, -0.2) is 12.0 Å². The molecular formula is C18H17F4NO2. The third-order valence-corrected chi connectivity index (χ3v) is 3.53. The molecule has 2 aromatic carbocycles. The maximum absolute atomic E-state index is 13.1. The Hall–Kier alpha value is -2.57. The minimum absolute atomic E-state index is 0.218. The van der Waals surface area contributed by atoms with Gasteiger partial charge < -0.3 is 10.1 Å². The smallest absolute Gasteiger partial charge is 0.416 e. The van der Waals surface area contributed by atoms with E-state index in [0.717, 1.165) is 17.7 Å². The number of carbonyl (C=O) groups is 1. The highest BCUT2D eigenvalue weighted by Gasteiger charge is 2.33. The Bertz CT molecular complexity index is 742. The van der Waals surface area contributed by atoms with Gasteiger partial charge in [0.25, 0.3) is 5.91 Å². The summed E-state index contributed by atoms with van der Waals surface area (Å²) in [5, 5.41) is 2.38.